The quantitative estimate of drug-likeness (QED) is 0.748. The molecule has 1 amide bonds. The van der Waals surface area contributed by atoms with E-state index in [2.05, 4.69) is 27.6 Å². The highest BCUT2D eigenvalue weighted by molar-refractivity contribution is 5.85. The number of halogens is 1. The molecule has 0 saturated carbocycles. The van der Waals surface area contributed by atoms with E-state index in [4.69, 9.17) is 4.52 Å². The highest BCUT2D eigenvalue weighted by Crippen LogP contribution is 2.20. The molecule has 1 N–H and O–H groups in total. The van der Waals surface area contributed by atoms with E-state index in [1.165, 1.54) is 11.1 Å². The Hall–Kier alpha value is -2.70. The van der Waals surface area contributed by atoms with Crippen LogP contribution in [0.5, 0.6) is 0 Å². The number of fused-ring (bicyclic) bond motifs is 1. The third-order valence-corrected chi connectivity index (χ3v) is 4.66. The Bertz CT molecular complexity index is 913. The molecule has 6 nitrogen and oxygen atoms in total. The minimum Gasteiger partial charge on any atom is -0.359 e. The van der Waals surface area contributed by atoms with Crippen molar-refractivity contribution in [1.29, 1.82) is 0 Å². The lowest BCUT2D eigenvalue weighted by atomic mass is 9.95. The van der Waals surface area contributed by atoms with Gasteiger partial charge < -0.3 is 14.7 Å². The first-order valence-corrected chi connectivity index (χ1v) is 8.62. The van der Waals surface area contributed by atoms with E-state index < -0.39 is 0 Å². The van der Waals surface area contributed by atoms with Crippen LogP contribution < -0.4 is 5.32 Å². The molecule has 3 aromatic rings. The Morgan fingerprint density at radius 3 is 2.85 bits per heavy atom. The number of benzene rings is 1. The smallest absolute Gasteiger partial charge is 0.240 e. The summed E-state index contributed by atoms with van der Waals surface area (Å²) in [6, 6.07) is 13.6. The maximum Gasteiger partial charge on any atom is 0.240 e. The van der Waals surface area contributed by atoms with Crippen molar-refractivity contribution in [3.8, 4) is 11.3 Å². The lowest BCUT2D eigenvalue weighted by molar-refractivity contribution is -0.133. The van der Waals surface area contributed by atoms with E-state index in [0.717, 1.165) is 11.3 Å². The molecule has 0 saturated heterocycles. The lowest BCUT2D eigenvalue weighted by Gasteiger charge is -2.28. The average Bonchev–Trinajstić information content (AvgIpc) is 3.16. The molecule has 1 aliphatic rings. The second kappa shape index (κ2) is 8.33. The van der Waals surface area contributed by atoms with Crippen LogP contribution in [-0.4, -0.2) is 34.0 Å². The Morgan fingerprint density at radius 2 is 2.07 bits per heavy atom. The number of likely N-dealkylation sites (N-methyl/N-ethyl adjacent to an activating group) is 1. The normalized spacial score (nSPS) is 15.5. The summed E-state index contributed by atoms with van der Waals surface area (Å²) in [4.78, 5) is 18.5. The molecule has 0 unspecified atom stereocenters. The number of rotatable bonds is 4. The molecular formula is C20H21ClN4O2. The van der Waals surface area contributed by atoms with Crippen molar-refractivity contribution < 1.29 is 9.32 Å². The van der Waals surface area contributed by atoms with Crippen LogP contribution in [0, 0.1) is 0 Å². The molecule has 0 fully saturated rings. The van der Waals surface area contributed by atoms with Gasteiger partial charge in [-0.15, -0.1) is 12.4 Å². The number of hydrogen-bond donors (Lipinski definition) is 1. The van der Waals surface area contributed by atoms with Gasteiger partial charge in [0.15, 0.2) is 5.76 Å². The van der Waals surface area contributed by atoms with Gasteiger partial charge in [0.05, 0.1) is 12.6 Å². The monoisotopic (exact) mass is 384 g/mol. The zero-order valence-electron chi connectivity index (χ0n) is 15.0. The Morgan fingerprint density at radius 1 is 1.26 bits per heavy atom. The van der Waals surface area contributed by atoms with Crippen LogP contribution in [0.2, 0.25) is 0 Å². The Balaban J connectivity index is 0.00000210. The lowest BCUT2D eigenvalue weighted by Crippen LogP contribution is -2.47. The average molecular weight is 385 g/mol. The van der Waals surface area contributed by atoms with Gasteiger partial charge in [0.2, 0.25) is 5.91 Å². The van der Waals surface area contributed by atoms with Crippen LogP contribution in [-0.2, 0) is 24.3 Å². The van der Waals surface area contributed by atoms with Crippen molar-refractivity contribution in [3.05, 3.63) is 71.7 Å². The summed E-state index contributed by atoms with van der Waals surface area (Å²) in [7, 11) is 1.79. The predicted molar refractivity (Wildman–Crippen MR) is 104 cm³/mol. The van der Waals surface area contributed by atoms with Crippen LogP contribution in [0.25, 0.3) is 11.3 Å². The van der Waals surface area contributed by atoms with E-state index >= 15 is 0 Å². The van der Waals surface area contributed by atoms with Gasteiger partial charge in [-0.2, -0.15) is 0 Å². The minimum atomic E-state index is -0.212. The standard InChI is InChI=1S/C20H20N4O2.ClH/c1-24(13-17-10-18(23-26-17)16-7-4-8-21-11-16)20(25)19-9-14-5-2-3-6-15(14)12-22-19;/h2-8,10-11,19,22H,9,12-13H2,1H3;1H/t19-;/m1./s1. The van der Waals surface area contributed by atoms with Crippen LogP contribution in [0.15, 0.2) is 59.4 Å². The fourth-order valence-electron chi connectivity index (χ4n) is 3.24. The molecule has 3 heterocycles. The topological polar surface area (TPSA) is 71.3 Å². The molecule has 7 heteroatoms. The fraction of sp³-hybridized carbons (Fsp3) is 0.250. The number of nitrogens with zero attached hydrogens (tertiary/aromatic N) is 3. The summed E-state index contributed by atoms with van der Waals surface area (Å²) >= 11 is 0. The number of hydrogen-bond acceptors (Lipinski definition) is 5. The number of nitrogens with one attached hydrogen (secondary N) is 1. The highest BCUT2D eigenvalue weighted by Gasteiger charge is 2.27. The first kappa shape index (κ1) is 19.1. The molecule has 4 rings (SSSR count). The van der Waals surface area contributed by atoms with Gasteiger partial charge in [0.25, 0.3) is 0 Å². The summed E-state index contributed by atoms with van der Waals surface area (Å²) in [5.41, 5.74) is 4.10. The molecule has 2 aromatic heterocycles. The van der Waals surface area contributed by atoms with Crippen molar-refractivity contribution in [1.82, 2.24) is 20.4 Å². The molecule has 0 bridgehead atoms. The van der Waals surface area contributed by atoms with Gasteiger partial charge in [-0.05, 0) is 29.7 Å². The summed E-state index contributed by atoms with van der Waals surface area (Å²) in [6.45, 7) is 1.10. The Labute approximate surface area is 164 Å². The molecular weight excluding hydrogens is 364 g/mol. The second-order valence-corrected chi connectivity index (χ2v) is 6.52. The maximum absolute atomic E-state index is 12.8. The molecule has 1 aliphatic heterocycles. The largest absolute Gasteiger partial charge is 0.359 e. The van der Waals surface area contributed by atoms with Crippen LogP contribution in [0.3, 0.4) is 0 Å². The van der Waals surface area contributed by atoms with Crippen LogP contribution in [0.1, 0.15) is 16.9 Å². The van der Waals surface area contributed by atoms with Crippen LogP contribution >= 0.6 is 12.4 Å². The van der Waals surface area contributed by atoms with Crippen molar-refractivity contribution in [3.63, 3.8) is 0 Å². The molecule has 0 aliphatic carbocycles. The van der Waals surface area contributed by atoms with Gasteiger partial charge in [0, 0.05) is 37.6 Å². The van der Waals surface area contributed by atoms with Gasteiger partial charge in [-0.1, -0.05) is 29.4 Å². The number of aromatic nitrogens is 2. The van der Waals surface area contributed by atoms with Gasteiger partial charge >= 0.3 is 0 Å². The summed E-state index contributed by atoms with van der Waals surface area (Å²) < 4.78 is 5.39. The molecule has 1 aromatic carbocycles. The van der Waals surface area contributed by atoms with Gasteiger partial charge in [-0.25, -0.2) is 0 Å². The van der Waals surface area contributed by atoms with E-state index in [1.807, 2.05) is 30.3 Å². The third kappa shape index (κ3) is 4.18. The number of carbonyl (C=O) groups is 1. The summed E-state index contributed by atoms with van der Waals surface area (Å²) in [5.74, 6) is 0.703. The zero-order chi connectivity index (χ0) is 17.9. The van der Waals surface area contributed by atoms with Crippen molar-refractivity contribution in [2.24, 2.45) is 0 Å². The van der Waals surface area contributed by atoms with Crippen LogP contribution in [0.4, 0.5) is 0 Å². The minimum absolute atomic E-state index is 0. The number of carbonyl (C=O) groups excluding carboxylic acids is 1. The molecule has 27 heavy (non-hydrogen) atoms. The van der Waals surface area contributed by atoms with Gasteiger partial charge in [-0.3, -0.25) is 9.78 Å². The van der Waals surface area contributed by atoms with Crippen molar-refractivity contribution >= 4 is 18.3 Å². The first-order chi connectivity index (χ1) is 12.7. The molecule has 0 radical (unpaired) electrons. The van der Waals surface area contributed by atoms with Gasteiger partial charge in [0.1, 0.15) is 5.69 Å². The second-order valence-electron chi connectivity index (χ2n) is 6.52. The summed E-state index contributed by atoms with van der Waals surface area (Å²) in [6.07, 6.45) is 4.16. The van der Waals surface area contributed by atoms with E-state index in [1.54, 1.807) is 24.3 Å². The Kier molecular flexibility index (Phi) is 5.88. The summed E-state index contributed by atoms with van der Waals surface area (Å²) in [5, 5.41) is 7.40. The maximum atomic E-state index is 12.8. The first-order valence-electron chi connectivity index (χ1n) is 8.62. The highest BCUT2D eigenvalue weighted by atomic mass is 35.5. The molecule has 140 valence electrons. The SMILES string of the molecule is CN(Cc1cc(-c2cccnc2)no1)C(=O)[C@H]1Cc2ccccc2CN1.Cl. The van der Waals surface area contributed by atoms with Crippen molar-refractivity contribution in [2.75, 3.05) is 7.05 Å². The third-order valence-electron chi connectivity index (χ3n) is 4.66. The van der Waals surface area contributed by atoms with E-state index in [0.29, 0.717) is 25.3 Å². The molecule has 0 spiro atoms. The number of amides is 1. The van der Waals surface area contributed by atoms with E-state index in [-0.39, 0.29) is 24.4 Å². The van der Waals surface area contributed by atoms with Crippen molar-refractivity contribution in [2.45, 2.75) is 25.6 Å². The molecule has 1 atom stereocenters. The number of pyridine rings is 1. The fourth-order valence-corrected chi connectivity index (χ4v) is 3.24. The zero-order valence-corrected chi connectivity index (χ0v) is 15.8. The van der Waals surface area contributed by atoms with E-state index in [9.17, 15) is 4.79 Å². The predicted octanol–water partition coefficient (Wildman–Crippen LogP) is 2.83.